The Morgan fingerprint density at radius 2 is 1.88 bits per heavy atom. The van der Waals surface area contributed by atoms with Crippen molar-refractivity contribution in [1.82, 2.24) is 10.0 Å². The molecule has 0 unspecified atom stereocenters. The zero-order valence-electron chi connectivity index (χ0n) is 15.9. The molecule has 0 bridgehead atoms. The van der Waals surface area contributed by atoms with Gasteiger partial charge in [0.2, 0.25) is 10.0 Å². The minimum atomic E-state index is -3.30. The Labute approximate surface area is 159 Å². The van der Waals surface area contributed by atoms with E-state index < -0.39 is 21.0 Å². The van der Waals surface area contributed by atoms with Crippen molar-refractivity contribution in [2.45, 2.75) is 50.8 Å². The van der Waals surface area contributed by atoms with Gasteiger partial charge in [0.25, 0.3) is 0 Å². The molecule has 1 aliphatic heterocycles. The molecule has 1 aromatic carbocycles. The Kier molecular flexibility index (Phi) is 5.24. The van der Waals surface area contributed by atoms with Crippen LogP contribution in [0.5, 0.6) is 0 Å². The van der Waals surface area contributed by atoms with E-state index in [4.69, 9.17) is 0 Å². The van der Waals surface area contributed by atoms with Crippen molar-refractivity contribution in [3.63, 3.8) is 0 Å². The number of anilines is 1. The van der Waals surface area contributed by atoms with Crippen LogP contribution in [0, 0.1) is 5.41 Å². The molecule has 0 aromatic heterocycles. The fourth-order valence-corrected chi connectivity index (χ4v) is 5.49. The van der Waals surface area contributed by atoms with Crippen molar-refractivity contribution >= 4 is 26.7 Å². The van der Waals surface area contributed by atoms with Crippen molar-refractivity contribution in [3.8, 4) is 0 Å². The van der Waals surface area contributed by atoms with Gasteiger partial charge < -0.3 is 5.32 Å². The van der Waals surface area contributed by atoms with Gasteiger partial charge in [-0.2, -0.15) is 0 Å². The van der Waals surface area contributed by atoms with Crippen LogP contribution in [0.4, 0.5) is 5.69 Å². The third-order valence-electron chi connectivity index (χ3n) is 5.29. The second kappa shape index (κ2) is 6.89. The Morgan fingerprint density at radius 1 is 1.23 bits per heavy atom. The van der Waals surface area contributed by atoms with Crippen molar-refractivity contribution in [2.75, 3.05) is 24.1 Å². The molecule has 3 rings (SSSR count). The molecule has 8 heteroatoms. The van der Waals surface area contributed by atoms with Gasteiger partial charge >= 0.3 is 0 Å². The Bertz CT molecular complexity index is 809. The van der Waals surface area contributed by atoms with Gasteiger partial charge in [-0.3, -0.25) is 4.72 Å². The van der Waals surface area contributed by atoms with Crippen LogP contribution in [-0.2, 0) is 27.4 Å². The number of hydrogen-bond donors (Lipinski definition) is 3. The van der Waals surface area contributed by atoms with Crippen molar-refractivity contribution < 1.29 is 12.6 Å². The lowest BCUT2D eigenvalue weighted by Crippen LogP contribution is -2.46. The highest BCUT2D eigenvalue weighted by atomic mass is 32.2. The number of rotatable bonds is 4. The smallest absolute Gasteiger partial charge is 0.229 e. The Balaban J connectivity index is 1.96. The molecule has 1 spiro atoms. The zero-order chi connectivity index (χ0) is 19.2. The maximum absolute atomic E-state index is 12.8. The fourth-order valence-electron chi connectivity index (χ4n) is 3.99. The molecule has 0 radical (unpaired) electrons. The van der Waals surface area contributed by atoms with E-state index in [1.54, 1.807) is 6.07 Å². The van der Waals surface area contributed by atoms with Crippen LogP contribution in [-0.4, -0.2) is 36.7 Å². The molecule has 26 heavy (non-hydrogen) atoms. The highest BCUT2D eigenvalue weighted by Gasteiger charge is 2.47. The summed E-state index contributed by atoms with van der Waals surface area (Å²) < 4.78 is 41.5. The highest BCUT2D eigenvalue weighted by molar-refractivity contribution is 7.92. The molecule has 146 valence electrons. The second-order valence-corrected chi connectivity index (χ2v) is 12.3. The van der Waals surface area contributed by atoms with Gasteiger partial charge in [0, 0.05) is 5.69 Å². The predicted octanol–water partition coefficient (Wildman–Crippen LogP) is 2.08. The van der Waals surface area contributed by atoms with Gasteiger partial charge in [0.05, 0.1) is 28.0 Å². The Morgan fingerprint density at radius 3 is 2.46 bits per heavy atom. The first-order valence-electron chi connectivity index (χ1n) is 9.00. The van der Waals surface area contributed by atoms with Gasteiger partial charge in [-0.05, 0) is 81.8 Å². The largest absolute Gasteiger partial charge is 0.317 e. The van der Waals surface area contributed by atoms with E-state index in [0.717, 1.165) is 49.7 Å². The lowest BCUT2D eigenvalue weighted by Gasteiger charge is -2.40. The summed E-state index contributed by atoms with van der Waals surface area (Å²) in [6.07, 6.45) is 4.05. The molecule has 0 saturated carbocycles. The maximum Gasteiger partial charge on any atom is 0.229 e. The molecule has 3 N–H and O–H groups in total. The molecule has 0 amide bonds. The van der Waals surface area contributed by atoms with Gasteiger partial charge in [0.1, 0.15) is 0 Å². The van der Waals surface area contributed by atoms with E-state index in [-0.39, 0.29) is 16.2 Å². The molecule has 2 atom stereocenters. The summed E-state index contributed by atoms with van der Waals surface area (Å²) in [6, 6.07) is 5.74. The number of nitrogens with one attached hydrogen (secondary N) is 3. The third-order valence-corrected chi connectivity index (χ3v) is 7.46. The Hall–Kier alpha value is -0.960. The first kappa shape index (κ1) is 19.8. The van der Waals surface area contributed by atoms with Crippen LogP contribution in [0.1, 0.15) is 50.8 Å². The molecule has 1 heterocycles. The van der Waals surface area contributed by atoms with E-state index >= 15 is 0 Å². The SMILES string of the molecule is CC(C)(C)[S@@](=O)N[C@@H]1c2ccc(NS(C)(=O)=O)cc2CC12CCNCC2. The minimum absolute atomic E-state index is 0.0203. The first-order chi connectivity index (χ1) is 12.0. The highest BCUT2D eigenvalue weighted by Crippen LogP contribution is 2.52. The van der Waals surface area contributed by atoms with Crippen molar-refractivity contribution in [3.05, 3.63) is 29.3 Å². The van der Waals surface area contributed by atoms with Crippen LogP contribution in [0.3, 0.4) is 0 Å². The van der Waals surface area contributed by atoms with E-state index in [0.29, 0.717) is 5.69 Å². The van der Waals surface area contributed by atoms with Gasteiger partial charge in [0.15, 0.2) is 0 Å². The van der Waals surface area contributed by atoms with Gasteiger partial charge in [-0.25, -0.2) is 17.3 Å². The van der Waals surface area contributed by atoms with Crippen LogP contribution in [0.25, 0.3) is 0 Å². The standard InChI is InChI=1S/C18H29N3O3S2/c1-17(2,3)25(22)20-16-15-6-5-14(21-26(4,23)24)11-13(15)12-18(16)7-9-19-10-8-18/h5-6,11,16,19-21H,7-10,12H2,1-4H3/t16-,25-/m1/s1. The summed E-state index contributed by atoms with van der Waals surface area (Å²) in [5.74, 6) is 0. The molecule has 6 nitrogen and oxygen atoms in total. The van der Waals surface area contributed by atoms with E-state index in [1.807, 2.05) is 32.9 Å². The summed E-state index contributed by atoms with van der Waals surface area (Å²) >= 11 is 0. The summed E-state index contributed by atoms with van der Waals surface area (Å²) in [6.45, 7) is 7.81. The number of sulfonamides is 1. The third kappa shape index (κ3) is 4.13. The van der Waals surface area contributed by atoms with Gasteiger partial charge in [-0.15, -0.1) is 0 Å². The number of benzene rings is 1. The maximum atomic E-state index is 12.8. The van der Waals surface area contributed by atoms with Crippen molar-refractivity contribution in [2.24, 2.45) is 5.41 Å². The molecule has 2 aliphatic rings. The topological polar surface area (TPSA) is 87.3 Å². The quantitative estimate of drug-likeness (QED) is 0.723. The zero-order valence-corrected chi connectivity index (χ0v) is 17.5. The summed E-state index contributed by atoms with van der Waals surface area (Å²) in [5.41, 5.74) is 2.90. The summed E-state index contributed by atoms with van der Waals surface area (Å²) in [4.78, 5) is 0. The normalized spacial score (nSPS) is 23.6. The lowest BCUT2D eigenvalue weighted by atomic mass is 9.73. The van der Waals surface area contributed by atoms with E-state index in [1.165, 1.54) is 0 Å². The fraction of sp³-hybridized carbons (Fsp3) is 0.667. The second-order valence-electron chi connectivity index (χ2n) is 8.51. The van der Waals surface area contributed by atoms with Crippen LogP contribution >= 0.6 is 0 Å². The lowest BCUT2D eigenvalue weighted by molar-refractivity contribution is 0.165. The monoisotopic (exact) mass is 399 g/mol. The number of piperidine rings is 1. The molecule has 1 aliphatic carbocycles. The molecule has 1 fully saturated rings. The van der Waals surface area contributed by atoms with Crippen LogP contribution in [0.15, 0.2) is 18.2 Å². The number of hydrogen-bond acceptors (Lipinski definition) is 4. The van der Waals surface area contributed by atoms with Crippen LogP contribution in [0.2, 0.25) is 0 Å². The summed E-state index contributed by atoms with van der Waals surface area (Å²) in [5, 5.41) is 3.41. The molecular weight excluding hydrogens is 370 g/mol. The van der Waals surface area contributed by atoms with Crippen LogP contribution < -0.4 is 14.8 Å². The molecule has 1 saturated heterocycles. The molecule has 1 aromatic rings. The van der Waals surface area contributed by atoms with E-state index in [2.05, 4.69) is 14.8 Å². The average Bonchev–Trinajstić information content (AvgIpc) is 2.78. The van der Waals surface area contributed by atoms with Crippen molar-refractivity contribution in [1.29, 1.82) is 0 Å². The molecular formula is C18H29N3O3S2. The first-order valence-corrected chi connectivity index (χ1v) is 12.0. The minimum Gasteiger partial charge on any atom is -0.317 e. The average molecular weight is 400 g/mol. The number of fused-ring (bicyclic) bond motifs is 1. The predicted molar refractivity (Wildman–Crippen MR) is 107 cm³/mol. The van der Waals surface area contributed by atoms with E-state index in [9.17, 15) is 12.6 Å². The van der Waals surface area contributed by atoms with Gasteiger partial charge in [-0.1, -0.05) is 6.07 Å². The summed E-state index contributed by atoms with van der Waals surface area (Å²) in [7, 11) is -4.47.